The first-order valence-electron chi connectivity index (χ1n) is 9.93. The molecule has 0 N–H and O–H groups in total. The molecule has 0 aliphatic rings. The molecule has 0 unspecified atom stereocenters. The van der Waals surface area contributed by atoms with Crippen molar-refractivity contribution in [1.82, 2.24) is 0 Å². The van der Waals surface area contributed by atoms with Crippen LogP contribution in [-0.2, 0) is 14.8 Å². The van der Waals surface area contributed by atoms with Gasteiger partial charge in [-0.05, 0) is 53.9 Å². The van der Waals surface area contributed by atoms with E-state index < -0.39 is 22.5 Å². The molecular weight excluding hydrogens is 450 g/mol. The maximum atomic E-state index is 13.4. The highest BCUT2D eigenvalue weighted by Crippen LogP contribution is 2.32. The summed E-state index contributed by atoms with van der Waals surface area (Å²) in [5.74, 6) is 0.367. The molecule has 6 nitrogen and oxygen atoms in total. The highest BCUT2D eigenvalue weighted by atomic mass is 35.5. The lowest BCUT2D eigenvalue weighted by Crippen LogP contribution is -2.40. The van der Waals surface area contributed by atoms with Crippen LogP contribution >= 0.6 is 11.6 Å². The van der Waals surface area contributed by atoms with E-state index in [1.165, 1.54) is 37.4 Å². The van der Waals surface area contributed by atoms with E-state index in [0.29, 0.717) is 15.8 Å². The fourth-order valence-corrected chi connectivity index (χ4v) is 4.74. The second-order valence-electron chi connectivity index (χ2n) is 7.31. The second-order valence-corrected chi connectivity index (χ2v) is 9.50. The van der Waals surface area contributed by atoms with Gasteiger partial charge in [0.15, 0.2) is 6.61 Å². The number of ether oxygens (including phenoxy) is 2. The van der Waals surface area contributed by atoms with Crippen LogP contribution in [0.25, 0.3) is 0 Å². The van der Waals surface area contributed by atoms with Gasteiger partial charge in [-0.25, -0.2) is 8.42 Å². The predicted octanol–water partition coefficient (Wildman–Crippen LogP) is 5.27. The van der Waals surface area contributed by atoms with Crippen LogP contribution in [0.4, 0.5) is 5.69 Å². The zero-order valence-corrected chi connectivity index (χ0v) is 19.6. The lowest BCUT2D eigenvalue weighted by Gasteiger charge is -2.23. The van der Waals surface area contributed by atoms with Crippen LogP contribution in [0.5, 0.6) is 11.5 Å². The molecule has 0 spiro atoms. The summed E-state index contributed by atoms with van der Waals surface area (Å²) in [6.07, 6.45) is 0. The van der Waals surface area contributed by atoms with Gasteiger partial charge in [0.05, 0.1) is 22.7 Å². The monoisotopic (exact) mass is 473 g/mol. The van der Waals surface area contributed by atoms with Crippen LogP contribution in [0, 0.1) is 0 Å². The summed E-state index contributed by atoms with van der Waals surface area (Å²) < 4.78 is 38.2. The Morgan fingerprint density at radius 2 is 1.72 bits per heavy atom. The number of hydrogen-bond acceptors (Lipinski definition) is 5. The minimum Gasteiger partial charge on any atom is -0.495 e. The molecule has 3 rings (SSSR count). The van der Waals surface area contributed by atoms with Crippen molar-refractivity contribution in [2.75, 3.05) is 18.0 Å². The highest BCUT2D eigenvalue weighted by Gasteiger charge is 2.31. The van der Waals surface area contributed by atoms with E-state index in [-0.39, 0.29) is 21.5 Å². The highest BCUT2D eigenvalue weighted by molar-refractivity contribution is 7.93. The molecule has 8 heteroatoms. The van der Waals surface area contributed by atoms with Gasteiger partial charge >= 0.3 is 0 Å². The Bertz CT molecular complexity index is 1200. The van der Waals surface area contributed by atoms with Gasteiger partial charge in [-0.1, -0.05) is 55.8 Å². The van der Waals surface area contributed by atoms with Crippen LogP contribution in [-0.4, -0.2) is 28.0 Å². The minimum absolute atomic E-state index is 0.0258. The normalized spacial score (nSPS) is 11.3. The van der Waals surface area contributed by atoms with Crippen LogP contribution in [0.3, 0.4) is 0 Å². The zero-order chi connectivity index (χ0) is 23.3. The standard InChI is InChI=1S/C24H24ClNO5S/c1-17(2)18-8-7-9-20(14-18)31-16-24(27)26(19-12-13-23(30-3)22(25)15-19)32(28,29)21-10-5-4-6-11-21/h4-15,17H,16H2,1-3H3. The number of amides is 1. The summed E-state index contributed by atoms with van der Waals surface area (Å²) >= 11 is 6.21. The minimum atomic E-state index is -4.21. The number of methoxy groups -OCH3 is 1. The number of carbonyl (C=O) groups excluding carboxylic acids is 1. The molecule has 0 fully saturated rings. The van der Waals surface area contributed by atoms with Crippen molar-refractivity contribution >= 4 is 33.2 Å². The topological polar surface area (TPSA) is 72.9 Å². The Kier molecular flexibility index (Phi) is 7.43. The number of hydrogen-bond donors (Lipinski definition) is 0. The molecule has 0 atom stereocenters. The zero-order valence-electron chi connectivity index (χ0n) is 18.0. The van der Waals surface area contributed by atoms with Gasteiger partial charge in [0.2, 0.25) is 0 Å². The third-order valence-corrected chi connectivity index (χ3v) is 6.82. The predicted molar refractivity (Wildman–Crippen MR) is 125 cm³/mol. The molecule has 32 heavy (non-hydrogen) atoms. The first kappa shape index (κ1) is 23.6. The Morgan fingerprint density at radius 3 is 2.34 bits per heavy atom. The molecule has 0 aliphatic carbocycles. The lowest BCUT2D eigenvalue weighted by atomic mass is 10.0. The maximum absolute atomic E-state index is 13.4. The molecule has 0 bridgehead atoms. The molecule has 168 valence electrons. The van der Waals surface area contributed by atoms with Crippen LogP contribution in [0.1, 0.15) is 25.3 Å². The van der Waals surface area contributed by atoms with Crippen LogP contribution in [0.2, 0.25) is 5.02 Å². The number of nitrogens with zero attached hydrogens (tertiary/aromatic N) is 1. The fourth-order valence-electron chi connectivity index (χ4n) is 3.06. The van der Waals surface area contributed by atoms with Crippen molar-refractivity contribution in [2.45, 2.75) is 24.7 Å². The fraction of sp³-hybridized carbons (Fsp3) is 0.208. The first-order chi connectivity index (χ1) is 15.2. The third kappa shape index (κ3) is 5.23. The smallest absolute Gasteiger partial charge is 0.278 e. The number of rotatable bonds is 8. The molecule has 0 aromatic heterocycles. The van der Waals surface area contributed by atoms with Gasteiger partial charge in [-0.3, -0.25) is 4.79 Å². The Balaban J connectivity index is 1.96. The molecule has 3 aromatic rings. The van der Waals surface area contributed by atoms with Crippen molar-refractivity contribution in [3.05, 3.63) is 83.4 Å². The van der Waals surface area contributed by atoms with Gasteiger partial charge in [-0.15, -0.1) is 0 Å². The van der Waals surface area contributed by atoms with E-state index >= 15 is 0 Å². The molecule has 3 aromatic carbocycles. The summed E-state index contributed by atoms with van der Waals surface area (Å²) in [5.41, 5.74) is 1.13. The Hall–Kier alpha value is -3.03. The maximum Gasteiger partial charge on any atom is 0.278 e. The van der Waals surface area contributed by atoms with Crippen LogP contribution < -0.4 is 13.8 Å². The van der Waals surface area contributed by atoms with E-state index in [1.54, 1.807) is 24.3 Å². The number of anilines is 1. The molecule has 0 saturated carbocycles. The molecule has 1 amide bonds. The summed E-state index contributed by atoms with van der Waals surface area (Å²) in [4.78, 5) is 13.1. The van der Waals surface area contributed by atoms with E-state index in [0.717, 1.165) is 5.56 Å². The first-order valence-corrected chi connectivity index (χ1v) is 11.8. The van der Waals surface area contributed by atoms with Gasteiger partial charge in [0, 0.05) is 0 Å². The lowest BCUT2D eigenvalue weighted by molar-refractivity contribution is -0.119. The molecule has 0 radical (unpaired) electrons. The summed E-state index contributed by atoms with van der Waals surface area (Å²) in [6, 6.07) is 19.4. The number of carbonyl (C=O) groups is 1. The van der Waals surface area contributed by atoms with Crippen LogP contribution in [0.15, 0.2) is 77.7 Å². The average Bonchev–Trinajstić information content (AvgIpc) is 2.78. The number of benzene rings is 3. The Morgan fingerprint density at radius 1 is 1.00 bits per heavy atom. The van der Waals surface area contributed by atoms with E-state index in [1.807, 2.05) is 32.0 Å². The Labute approximate surface area is 193 Å². The summed E-state index contributed by atoms with van der Waals surface area (Å²) in [7, 11) is -2.76. The quantitative estimate of drug-likeness (QED) is 0.445. The van der Waals surface area contributed by atoms with Crippen molar-refractivity contribution in [3.8, 4) is 11.5 Å². The van der Waals surface area contributed by atoms with Gasteiger partial charge < -0.3 is 9.47 Å². The average molecular weight is 474 g/mol. The van der Waals surface area contributed by atoms with Crippen molar-refractivity contribution in [2.24, 2.45) is 0 Å². The SMILES string of the molecule is COc1ccc(N(C(=O)COc2cccc(C(C)C)c2)S(=O)(=O)c2ccccc2)cc1Cl. The number of sulfonamides is 1. The number of halogens is 1. The van der Waals surface area contributed by atoms with E-state index in [9.17, 15) is 13.2 Å². The molecular formula is C24H24ClNO5S. The second kappa shape index (κ2) is 10.1. The van der Waals surface area contributed by atoms with Gasteiger partial charge in [-0.2, -0.15) is 4.31 Å². The molecule has 0 aliphatic heterocycles. The molecule has 0 heterocycles. The third-order valence-electron chi connectivity index (χ3n) is 4.76. The summed E-state index contributed by atoms with van der Waals surface area (Å²) in [5, 5.41) is 0.177. The van der Waals surface area contributed by atoms with Crippen molar-refractivity contribution in [3.63, 3.8) is 0 Å². The largest absolute Gasteiger partial charge is 0.495 e. The van der Waals surface area contributed by atoms with Crippen molar-refractivity contribution in [1.29, 1.82) is 0 Å². The van der Waals surface area contributed by atoms with Gasteiger partial charge in [0.25, 0.3) is 15.9 Å². The van der Waals surface area contributed by atoms with Crippen molar-refractivity contribution < 1.29 is 22.7 Å². The molecule has 0 saturated heterocycles. The van der Waals surface area contributed by atoms with E-state index in [4.69, 9.17) is 21.1 Å². The van der Waals surface area contributed by atoms with E-state index in [2.05, 4.69) is 0 Å². The van der Waals surface area contributed by atoms with Gasteiger partial charge in [0.1, 0.15) is 11.5 Å². The summed E-state index contributed by atoms with van der Waals surface area (Å²) in [6.45, 7) is 3.62.